The van der Waals surface area contributed by atoms with Gasteiger partial charge in [-0.25, -0.2) is 0 Å². The van der Waals surface area contributed by atoms with Crippen molar-refractivity contribution in [2.24, 2.45) is 40.4 Å². The van der Waals surface area contributed by atoms with Crippen LogP contribution in [0.2, 0.25) is 0 Å². The van der Waals surface area contributed by atoms with Crippen molar-refractivity contribution in [3.05, 3.63) is 0 Å². The molecule has 0 aliphatic heterocycles. The highest BCUT2D eigenvalue weighted by atomic mass is 16.5. The summed E-state index contributed by atoms with van der Waals surface area (Å²) in [5.74, 6) is 2.11. The lowest BCUT2D eigenvalue weighted by atomic mass is 9.44. The van der Waals surface area contributed by atoms with Gasteiger partial charge in [0, 0.05) is 25.2 Å². The number of rotatable bonds is 2. The van der Waals surface area contributed by atoms with Crippen LogP contribution in [0.25, 0.3) is 0 Å². The lowest BCUT2D eigenvalue weighted by molar-refractivity contribution is -0.169. The second kappa shape index (κ2) is 6.42. The zero-order valence-electron chi connectivity index (χ0n) is 17.3. The Morgan fingerprint density at radius 3 is 2.41 bits per heavy atom. The first-order valence-corrected chi connectivity index (χ1v) is 10.9. The highest BCUT2D eigenvalue weighted by Gasteiger charge is 2.63. The molecule has 0 amide bonds. The molecule has 0 spiro atoms. The van der Waals surface area contributed by atoms with Gasteiger partial charge in [0.2, 0.25) is 0 Å². The second-order valence-corrected chi connectivity index (χ2v) is 10.4. The van der Waals surface area contributed by atoms with Gasteiger partial charge in [0.05, 0.1) is 0 Å². The van der Waals surface area contributed by atoms with Crippen molar-refractivity contribution in [1.29, 1.82) is 0 Å². The molecule has 0 radical (unpaired) electrons. The molecular formula is C23H34O4. The Morgan fingerprint density at radius 1 is 1.00 bits per heavy atom. The van der Waals surface area contributed by atoms with Crippen molar-refractivity contribution in [3.63, 3.8) is 0 Å². The average Bonchev–Trinajstić information content (AvgIpc) is 2.91. The van der Waals surface area contributed by atoms with E-state index in [-0.39, 0.29) is 40.5 Å². The molecule has 150 valence electrons. The normalized spacial score (nSPS) is 49.0. The van der Waals surface area contributed by atoms with E-state index in [0.717, 1.165) is 44.9 Å². The quantitative estimate of drug-likeness (QED) is 0.675. The summed E-state index contributed by atoms with van der Waals surface area (Å²) in [6.45, 7) is 7.75. The van der Waals surface area contributed by atoms with Gasteiger partial charge in [-0.1, -0.05) is 13.8 Å². The third-order valence-electron chi connectivity index (χ3n) is 9.12. The molecule has 0 heterocycles. The standard InChI is InChI=1S/C23H34O4/c1-13(24)18-7-8-19-17-6-5-15-11-16(27-14(2)25)9-10-22(15,3)21(17)20(26)12-23(18,19)4/h15-19,21H,5-12H2,1-4H3/t15-,16+,17-,18+,19-,21-,22-,23+/m0/s1. The summed E-state index contributed by atoms with van der Waals surface area (Å²) in [7, 11) is 0. The molecule has 0 N–H and O–H groups in total. The van der Waals surface area contributed by atoms with Gasteiger partial charge in [0.25, 0.3) is 0 Å². The molecule has 0 aromatic carbocycles. The van der Waals surface area contributed by atoms with Crippen LogP contribution in [0.1, 0.15) is 79.1 Å². The van der Waals surface area contributed by atoms with E-state index in [1.807, 2.05) is 0 Å². The molecule has 0 saturated heterocycles. The van der Waals surface area contributed by atoms with Gasteiger partial charge >= 0.3 is 5.97 Å². The zero-order valence-corrected chi connectivity index (χ0v) is 17.3. The van der Waals surface area contributed by atoms with Crippen molar-refractivity contribution < 1.29 is 19.1 Å². The number of ether oxygens (including phenoxy) is 1. The second-order valence-electron chi connectivity index (χ2n) is 10.4. The maximum atomic E-state index is 13.5. The van der Waals surface area contributed by atoms with Gasteiger partial charge in [-0.15, -0.1) is 0 Å². The van der Waals surface area contributed by atoms with Crippen LogP contribution < -0.4 is 0 Å². The van der Waals surface area contributed by atoms with Crippen molar-refractivity contribution in [3.8, 4) is 0 Å². The van der Waals surface area contributed by atoms with E-state index in [4.69, 9.17) is 4.74 Å². The molecule has 8 atom stereocenters. The summed E-state index contributed by atoms with van der Waals surface area (Å²) >= 11 is 0. The zero-order chi connectivity index (χ0) is 19.6. The fourth-order valence-corrected chi connectivity index (χ4v) is 8.04. The largest absolute Gasteiger partial charge is 0.463 e. The first-order chi connectivity index (χ1) is 12.7. The van der Waals surface area contributed by atoms with E-state index in [0.29, 0.717) is 30.0 Å². The van der Waals surface area contributed by atoms with Gasteiger partial charge < -0.3 is 4.74 Å². The van der Waals surface area contributed by atoms with Crippen LogP contribution in [0.15, 0.2) is 0 Å². The summed E-state index contributed by atoms with van der Waals surface area (Å²) in [5.41, 5.74) is -0.0888. The van der Waals surface area contributed by atoms with Crippen LogP contribution in [0.4, 0.5) is 0 Å². The molecule has 0 aromatic rings. The Labute approximate surface area is 162 Å². The fourth-order valence-electron chi connectivity index (χ4n) is 8.04. The van der Waals surface area contributed by atoms with E-state index in [2.05, 4.69) is 13.8 Å². The van der Waals surface area contributed by atoms with E-state index in [1.54, 1.807) is 6.92 Å². The van der Waals surface area contributed by atoms with Crippen LogP contribution in [-0.2, 0) is 19.1 Å². The molecule has 0 aromatic heterocycles. The number of carbonyl (C=O) groups excluding carboxylic acids is 3. The lowest BCUT2D eigenvalue weighted by Gasteiger charge is -2.59. The van der Waals surface area contributed by atoms with E-state index in [1.165, 1.54) is 6.92 Å². The van der Waals surface area contributed by atoms with E-state index >= 15 is 0 Å². The number of ketones is 2. The average molecular weight is 375 g/mol. The van der Waals surface area contributed by atoms with Crippen LogP contribution in [0, 0.1) is 40.4 Å². The number of hydrogen-bond acceptors (Lipinski definition) is 4. The van der Waals surface area contributed by atoms with Gasteiger partial charge in [-0.2, -0.15) is 0 Å². The highest BCUT2D eigenvalue weighted by Crippen LogP contribution is 2.66. The third-order valence-corrected chi connectivity index (χ3v) is 9.12. The number of Topliss-reactive ketones (excluding diaryl/α,β-unsaturated/α-hetero) is 2. The Bertz CT molecular complexity index is 669. The highest BCUT2D eigenvalue weighted by molar-refractivity contribution is 5.87. The predicted molar refractivity (Wildman–Crippen MR) is 102 cm³/mol. The first kappa shape index (κ1) is 19.1. The SMILES string of the molecule is CC(=O)O[C@@H]1CC[C@@]2(C)[C@@H](CC[C@@H]3[C@H]2C(=O)C[C@]2(C)[C@@H](C(C)=O)CC[C@@H]32)C1. The molecule has 0 unspecified atom stereocenters. The molecule has 4 heteroatoms. The number of esters is 1. The maximum absolute atomic E-state index is 13.5. The first-order valence-electron chi connectivity index (χ1n) is 10.9. The van der Waals surface area contributed by atoms with Crippen molar-refractivity contribution in [2.75, 3.05) is 0 Å². The molecule has 4 fully saturated rings. The Hall–Kier alpha value is -1.19. The van der Waals surface area contributed by atoms with Gasteiger partial charge in [-0.3, -0.25) is 14.4 Å². The molecular weight excluding hydrogens is 340 g/mol. The van der Waals surface area contributed by atoms with Gasteiger partial charge in [0.15, 0.2) is 0 Å². The van der Waals surface area contributed by atoms with Crippen molar-refractivity contribution in [1.82, 2.24) is 0 Å². The molecule has 0 bridgehead atoms. The minimum Gasteiger partial charge on any atom is -0.463 e. The summed E-state index contributed by atoms with van der Waals surface area (Å²) in [6, 6.07) is 0. The summed E-state index contributed by atoms with van der Waals surface area (Å²) in [4.78, 5) is 37.1. The number of fused-ring (bicyclic) bond motifs is 5. The monoisotopic (exact) mass is 374 g/mol. The Kier molecular flexibility index (Phi) is 4.55. The van der Waals surface area contributed by atoms with Crippen molar-refractivity contribution >= 4 is 17.5 Å². The van der Waals surface area contributed by atoms with Crippen LogP contribution in [0.3, 0.4) is 0 Å². The van der Waals surface area contributed by atoms with Crippen LogP contribution >= 0.6 is 0 Å². The van der Waals surface area contributed by atoms with Gasteiger partial charge in [0.1, 0.15) is 17.7 Å². The van der Waals surface area contributed by atoms with Crippen LogP contribution in [-0.4, -0.2) is 23.6 Å². The fraction of sp³-hybridized carbons (Fsp3) is 0.870. The van der Waals surface area contributed by atoms with E-state index < -0.39 is 0 Å². The van der Waals surface area contributed by atoms with Crippen LogP contribution in [0.5, 0.6) is 0 Å². The molecule has 4 nitrogen and oxygen atoms in total. The maximum Gasteiger partial charge on any atom is 0.302 e. The number of hydrogen-bond donors (Lipinski definition) is 0. The molecule has 4 aliphatic carbocycles. The smallest absolute Gasteiger partial charge is 0.302 e. The molecule has 27 heavy (non-hydrogen) atoms. The Morgan fingerprint density at radius 2 is 1.74 bits per heavy atom. The van der Waals surface area contributed by atoms with Gasteiger partial charge in [-0.05, 0) is 80.5 Å². The third kappa shape index (κ3) is 2.81. The lowest BCUT2D eigenvalue weighted by Crippen LogP contribution is -2.58. The Balaban J connectivity index is 1.60. The van der Waals surface area contributed by atoms with E-state index in [9.17, 15) is 14.4 Å². The minimum absolute atomic E-state index is 0.0228. The summed E-state index contributed by atoms with van der Waals surface area (Å²) in [6.07, 6.45) is 7.64. The molecule has 4 aliphatic rings. The topological polar surface area (TPSA) is 60.4 Å². The predicted octanol–water partition coefficient (Wildman–Crippen LogP) is 4.35. The van der Waals surface area contributed by atoms with Crippen molar-refractivity contribution in [2.45, 2.75) is 85.2 Å². The molecule has 4 rings (SSSR count). The summed E-state index contributed by atoms with van der Waals surface area (Å²) < 4.78 is 5.51. The number of carbonyl (C=O) groups is 3. The minimum atomic E-state index is -0.192. The summed E-state index contributed by atoms with van der Waals surface area (Å²) in [5, 5.41) is 0. The molecule has 4 saturated carbocycles.